The number of carbonyl (C=O) groups excluding carboxylic acids is 1. The van der Waals surface area contributed by atoms with E-state index in [1.54, 1.807) is 0 Å². The lowest BCUT2D eigenvalue weighted by Gasteiger charge is -2.32. The molecule has 13 heteroatoms. The Morgan fingerprint density at radius 3 is 2.38 bits per heavy atom. The lowest BCUT2D eigenvalue weighted by atomic mass is 9.94. The molecule has 0 aromatic carbocycles. The number of hydrogen-bond acceptors (Lipinski definition) is 5. The fourth-order valence-electron chi connectivity index (χ4n) is 3.97. The number of rotatable bonds is 7. The summed E-state index contributed by atoms with van der Waals surface area (Å²) in [5.74, 6) is -0.605. The Hall–Kier alpha value is -2.15. The molecule has 1 saturated heterocycles. The van der Waals surface area contributed by atoms with Crippen molar-refractivity contribution in [3.05, 3.63) is 35.5 Å². The van der Waals surface area contributed by atoms with Crippen LogP contribution in [0.15, 0.2) is 30.0 Å². The zero-order chi connectivity index (χ0) is 28.0. The molecule has 1 aliphatic carbocycles. The number of alkyl halides is 6. The lowest BCUT2D eigenvalue weighted by Crippen LogP contribution is -2.41. The molecule has 2 aliphatic rings. The number of carbonyl (C=O) groups is 1. The number of aromatic nitrogens is 1. The summed E-state index contributed by atoms with van der Waals surface area (Å²) in [5.41, 5.74) is -0.829. The van der Waals surface area contributed by atoms with Crippen LogP contribution < -0.4 is 4.74 Å². The van der Waals surface area contributed by atoms with Crippen molar-refractivity contribution in [2.45, 2.75) is 69.8 Å². The molecule has 0 bridgehead atoms. The van der Waals surface area contributed by atoms with Crippen molar-refractivity contribution >= 4 is 16.7 Å². The molecule has 4 unspecified atom stereocenters. The Kier molecular flexibility index (Phi) is 11.0. The van der Waals surface area contributed by atoms with E-state index in [4.69, 9.17) is 9.47 Å². The number of halogens is 6. The lowest BCUT2D eigenvalue weighted by molar-refractivity contribution is -0.224. The molecule has 0 N–H and O–H groups in total. The summed E-state index contributed by atoms with van der Waals surface area (Å²) in [5, 5.41) is -0.456. The molecule has 0 saturated carbocycles. The zero-order valence-corrected chi connectivity index (χ0v) is 21.9. The van der Waals surface area contributed by atoms with Gasteiger partial charge in [0.1, 0.15) is 0 Å². The first-order chi connectivity index (χ1) is 17.3. The van der Waals surface area contributed by atoms with Gasteiger partial charge in [-0.25, -0.2) is 4.98 Å². The molecule has 0 radical (unpaired) electrons. The molecule has 5 atom stereocenters. The highest BCUT2D eigenvalue weighted by Gasteiger charge is 2.42. The van der Waals surface area contributed by atoms with Crippen molar-refractivity contribution in [3.63, 3.8) is 0 Å². The van der Waals surface area contributed by atoms with Gasteiger partial charge in [0, 0.05) is 53.9 Å². The summed E-state index contributed by atoms with van der Waals surface area (Å²) in [7, 11) is -1.30. The SMILES string of the molecule is CC.C[C@H](OC1CCC(S(C)=O)C=C1C(=O)N1CCC(COc2ccc(C(F)(F)F)cn2)C1)C(F)(F)F. The minimum Gasteiger partial charge on any atom is -0.477 e. The van der Waals surface area contributed by atoms with Gasteiger partial charge < -0.3 is 14.4 Å². The van der Waals surface area contributed by atoms with Gasteiger partial charge >= 0.3 is 12.4 Å². The predicted molar refractivity (Wildman–Crippen MR) is 126 cm³/mol. The van der Waals surface area contributed by atoms with E-state index in [1.807, 2.05) is 13.8 Å². The fraction of sp³-hybridized carbons (Fsp3) is 0.667. The maximum atomic E-state index is 13.2. The summed E-state index contributed by atoms with van der Waals surface area (Å²) in [6, 6.07) is 1.97. The Bertz CT molecular complexity index is 952. The Morgan fingerprint density at radius 1 is 1.16 bits per heavy atom. The smallest absolute Gasteiger partial charge is 0.417 e. The van der Waals surface area contributed by atoms with Crippen LogP contribution in [-0.2, 0) is 26.5 Å². The van der Waals surface area contributed by atoms with E-state index in [1.165, 1.54) is 17.2 Å². The van der Waals surface area contributed by atoms with E-state index in [0.717, 1.165) is 19.1 Å². The molecule has 6 nitrogen and oxygen atoms in total. The first kappa shape index (κ1) is 31.1. The Labute approximate surface area is 214 Å². The van der Waals surface area contributed by atoms with Gasteiger partial charge in [-0.15, -0.1) is 0 Å². The van der Waals surface area contributed by atoms with Crippen molar-refractivity contribution in [1.29, 1.82) is 0 Å². The minimum absolute atomic E-state index is 0.0145. The van der Waals surface area contributed by atoms with Crippen molar-refractivity contribution in [2.24, 2.45) is 5.92 Å². The molecular formula is C24H32F6N2O4S. The average Bonchev–Trinajstić information content (AvgIpc) is 3.32. The molecule has 1 aliphatic heterocycles. The van der Waals surface area contributed by atoms with E-state index < -0.39 is 52.1 Å². The molecule has 1 fully saturated rings. The number of ether oxygens (including phenoxy) is 2. The minimum atomic E-state index is -4.58. The number of likely N-dealkylation sites (tertiary alicyclic amines) is 1. The fourth-order valence-corrected chi connectivity index (χ4v) is 4.78. The number of pyridine rings is 1. The monoisotopic (exact) mass is 558 g/mol. The van der Waals surface area contributed by atoms with Crippen LogP contribution in [0.2, 0.25) is 0 Å². The summed E-state index contributed by atoms with van der Waals surface area (Å²) in [6.45, 7) is 5.56. The molecule has 2 heterocycles. The highest BCUT2D eigenvalue weighted by Crippen LogP contribution is 2.32. The number of amides is 1. The van der Waals surface area contributed by atoms with Gasteiger partial charge in [0.05, 0.1) is 23.5 Å². The van der Waals surface area contributed by atoms with Crippen LogP contribution in [0.3, 0.4) is 0 Å². The third kappa shape index (κ3) is 8.69. The van der Waals surface area contributed by atoms with Crippen LogP contribution in [0.25, 0.3) is 0 Å². The highest BCUT2D eigenvalue weighted by atomic mass is 32.2. The summed E-state index contributed by atoms with van der Waals surface area (Å²) in [6.07, 6.45) is -7.59. The average molecular weight is 559 g/mol. The largest absolute Gasteiger partial charge is 0.477 e. The normalized spacial score (nSPS) is 24.0. The maximum absolute atomic E-state index is 13.2. The summed E-state index contributed by atoms with van der Waals surface area (Å²) < 4.78 is 99.6. The molecule has 1 aromatic heterocycles. The molecule has 1 aromatic rings. The van der Waals surface area contributed by atoms with Gasteiger partial charge in [0.25, 0.3) is 5.91 Å². The van der Waals surface area contributed by atoms with Crippen LogP contribution in [0, 0.1) is 5.92 Å². The molecule has 37 heavy (non-hydrogen) atoms. The first-order valence-corrected chi connectivity index (χ1v) is 13.6. The van der Waals surface area contributed by atoms with Crippen molar-refractivity contribution < 1.29 is 44.8 Å². The van der Waals surface area contributed by atoms with E-state index in [2.05, 4.69) is 4.98 Å². The van der Waals surface area contributed by atoms with Gasteiger partial charge in [-0.05, 0) is 32.3 Å². The number of hydrogen-bond donors (Lipinski definition) is 0. The summed E-state index contributed by atoms with van der Waals surface area (Å²) in [4.78, 5) is 18.3. The second-order valence-electron chi connectivity index (χ2n) is 8.64. The standard InChI is InChI=1S/C22H26F6N2O4S.C2H6/c1-13(21(23,24)25)34-18-5-4-16(35(2)32)9-17(18)20(31)30-8-7-14(11-30)12-33-19-6-3-15(10-29-19)22(26,27)28;1-2/h3,6,9-10,13-14,16,18H,4-5,7-8,11-12H2,1-2H3;1-2H3/t13-,14?,16?,18?,35?;/m0./s1. The summed E-state index contributed by atoms with van der Waals surface area (Å²) >= 11 is 0. The second-order valence-corrected chi connectivity index (χ2v) is 10.2. The quantitative estimate of drug-likeness (QED) is 0.433. The van der Waals surface area contributed by atoms with Crippen molar-refractivity contribution in [2.75, 3.05) is 26.0 Å². The zero-order valence-electron chi connectivity index (χ0n) is 21.1. The third-order valence-electron chi connectivity index (χ3n) is 6.03. The van der Waals surface area contributed by atoms with Gasteiger partial charge in [-0.1, -0.05) is 19.9 Å². The van der Waals surface area contributed by atoms with Crippen molar-refractivity contribution in [1.82, 2.24) is 9.88 Å². The second kappa shape index (κ2) is 13.1. The van der Waals surface area contributed by atoms with Gasteiger partial charge in [0.2, 0.25) is 5.88 Å². The Balaban J connectivity index is 0.00000235. The molecule has 3 rings (SSSR count). The third-order valence-corrected chi connectivity index (χ3v) is 7.26. The highest BCUT2D eigenvalue weighted by molar-refractivity contribution is 7.85. The van der Waals surface area contributed by atoms with Gasteiger partial charge in [-0.3, -0.25) is 9.00 Å². The van der Waals surface area contributed by atoms with Crippen LogP contribution >= 0.6 is 0 Å². The van der Waals surface area contributed by atoms with Crippen LogP contribution in [-0.4, -0.2) is 69.6 Å². The van der Waals surface area contributed by atoms with E-state index >= 15 is 0 Å². The van der Waals surface area contributed by atoms with Crippen LogP contribution in [0.5, 0.6) is 5.88 Å². The van der Waals surface area contributed by atoms with Gasteiger partial charge in [0.15, 0.2) is 6.10 Å². The van der Waals surface area contributed by atoms with Crippen LogP contribution in [0.4, 0.5) is 26.3 Å². The number of nitrogens with zero attached hydrogens (tertiary/aromatic N) is 2. The predicted octanol–water partition coefficient (Wildman–Crippen LogP) is 5.16. The van der Waals surface area contributed by atoms with E-state index in [-0.39, 0.29) is 36.9 Å². The topological polar surface area (TPSA) is 68.7 Å². The van der Waals surface area contributed by atoms with Gasteiger partial charge in [-0.2, -0.15) is 26.3 Å². The van der Waals surface area contributed by atoms with Crippen molar-refractivity contribution in [3.8, 4) is 5.88 Å². The first-order valence-electron chi connectivity index (χ1n) is 12.0. The maximum Gasteiger partial charge on any atom is 0.417 e. The molecule has 1 amide bonds. The van der Waals surface area contributed by atoms with E-state index in [0.29, 0.717) is 25.6 Å². The van der Waals surface area contributed by atoms with Crippen LogP contribution in [0.1, 0.15) is 45.6 Å². The molecule has 0 spiro atoms. The molecular weight excluding hydrogens is 526 g/mol. The van der Waals surface area contributed by atoms with E-state index in [9.17, 15) is 35.3 Å². The Morgan fingerprint density at radius 2 is 1.84 bits per heavy atom. The molecule has 210 valence electrons.